The van der Waals surface area contributed by atoms with Crippen molar-refractivity contribution in [3.63, 3.8) is 0 Å². The Morgan fingerprint density at radius 1 is 0.825 bits per heavy atom. The number of benzene rings is 4. The first-order valence-corrected chi connectivity index (χ1v) is 21.5. The number of non-ortho nitro benzene ring substituents is 1. The highest BCUT2D eigenvalue weighted by Crippen LogP contribution is 2.38. The molecular formula is C49H48N6O8. The van der Waals surface area contributed by atoms with Gasteiger partial charge < -0.3 is 24.6 Å². The number of anilines is 2. The van der Waals surface area contributed by atoms with Crippen molar-refractivity contribution >= 4 is 52.3 Å². The van der Waals surface area contributed by atoms with Gasteiger partial charge in [0.25, 0.3) is 23.4 Å². The third-order valence-electron chi connectivity index (χ3n) is 12.5. The number of rotatable bonds is 14. The summed E-state index contributed by atoms with van der Waals surface area (Å²) < 4.78 is 12.4. The molecule has 1 saturated carbocycles. The van der Waals surface area contributed by atoms with E-state index < -0.39 is 22.8 Å². The Morgan fingerprint density at radius 2 is 1.57 bits per heavy atom. The fourth-order valence-corrected chi connectivity index (χ4v) is 8.89. The molecule has 2 saturated heterocycles. The SMILES string of the molecule is C=C1CCC(N2C(=O)c3ccc(N4CCN(CCCOC5CC(Oc6ccc(CN7C(=O)/C(=C/C=C/c8ccc([N+](=O)[O-])cc8)c8ccccc87)cc6)C5)CC4)cc3C2=O)C(=O)N1. The van der Waals surface area contributed by atoms with Crippen molar-refractivity contribution in [1.82, 2.24) is 15.1 Å². The highest BCUT2D eigenvalue weighted by atomic mass is 16.6. The molecule has 0 aromatic heterocycles. The Bertz CT molecular complexity index is 2520. The summed E-state index contributed by atoms with van der Waals surface area (Å²) in [6, 6.07) is 26.5. The van der Waals surface area contributed by atoms with E-state index in [0.29, 0.717) is 48.4 Å². The van der Waals surface area contributed by atoms with Crippen LogP contribution >= 0.6 is 0 Å². The molecule has 1 aliphatic carbocycles. The lowest BCUT2D eigenvalue weighted by molar-refractivity contribution is -0.384. The van der Waals surface area contributed by atoms with Crippen molar-refractivity contribution in [2.24, 2.45) is 0 Å². The van der Waals surface area contributed by atoms with Crippen LogP contribution in [0.5, 0.6) is 5.75 Å². The van der Waals surface area contributed by atoms with Crippen LogP contribution in [0.1, 0.15) is 69.5 Å². The third-order valence-corrected chi connectivity index (χ3v) is 12.5. The maximum Gasteiger partial charge on any atom is 0.269 e. The van der Waals surface area contributed by atoms with Crippen molar-refractivity contribution in [3.8, 4) is 5.75 Å². The average Bonchev–Trinajstić information content (AvgIpc) is 3.68. The molecule has 322 valence electrons. The summed E-state index contributed by atoms with van der Waals surface area (Å²) in [5.74, 6) is -0.503. The van der Waals surface area contributed by atoms with Gasteiger partial charge in [-0.3, -0.25) is 39.1 Å². The minimum absolute atomic E-state index is 0.0296. The molecule has 1 N–H and O–H groups in total. The van der Waals surface area contributed by atoms with Crippen LogP contribution in [0.15, 0.2) is 115 Å². The van der Waals surface area contributed by atoms with E-state index in [1.54, 1.807) is 41.3 Å². The fraction of sp³-hybridized carbons (Fsp3) is 0.306. The molecule has 14 heteroatoms. The number of allylic oxidation sites excluding steroid dienone is 3. The van der Waals surface area contributed by atoms with Crippen molar-refractivity contribution in [2.45, 2.75) is 56.9 Å². The minimum Gasteiger partial charge on any atom is -0.490 e. The number of hydrogen-bond acceptors (Lipinski definition) is 10. The molecule has 1 unspecified atom stereocenters. The van der Waals surface area contributed by atoms with Crippen LogP contribution in [0.4, 0.5) is 17.1 Å². The standard InChI is InChI=1S/C49H48N6O8/c1-32-10-21-45(46(56)50-32)54-48(58)42-20-17-36(28-43(42)49(54)59)52-25-23-51(24-26-52)22-5-27-62-38-29-39(30-38)63-37-18-13-34(14-19-37)31-53-44-9-3-2-7-40(44)41(47(53)57)8-4-6-33-11-15-35(16-12-33)55(60)61/h2-4,6-9,11-20,28,38-39,45H,1,5,10,21-27,29-31H2,(H,50,56)/b6-4+,41-8+. The van der Waals surface area contributed by atoms with Crippen molar-refractivity contribution < 1.29 is 33.6 Å². The summed E-state index contributed by atoms with van der Waals surface area (Å²) in [6.45, 7) is 9.19. The molecule has 3 fully saturated rings. The number of fused-ring (bicyclic) bond motifs is 2. The van der Waals surface area contributed by atoms with E-state index in [1.165, 1.54) is 12.1 Å². The Morgan fingerprint density at radius 3 is 2.32 bits per heavy atom. The zero-order valence-electron chi connectivity index (χ0n) is 34.8. The molecule has 5 aliphatic rings. The molecule has 4 aliphatic heterocycles. The van der Waals surface area contributed by atoms with E-state index in [1.807, 2.05) is 60.7 Å². The largest absolute Gasteiger partial charge is 0.490 e. The first-order chi connectivity index (χ1) is 30.6. The predicted octanol–water partition coefficient (Wildman–Crippen LogP) is 6.77. The zero-order valence-corrected chi connectivity index (χ0v) is 34.8. The molecule has 4 aromatic carbocycles. The number of ether oxygens (including phenoxy) is 2. The zero-order chi connectivity index (χ0) is 43.6. The molecule has 4 aromatic rings. The number of hydrogen-bond donors (Lipinski definition) is 1. The predicted molar refractivity (Wildman–Crippen MR) is 238 cm³/mol. The number of nitrogens with zero attached hydrogens (tertiary/aromatic N) is 5. The van der Waals surface area contributed by atoms with E-state index in [2.05, 4.69) is 21.7 Å². The summed E-state index contributed by atoms with van der Waals surface area (Å²) in [6.07, 6.45) is 9.19. The van der Waals surface area contributed by atoms with Crippen LogP contribution in [0.25, 0.3) is 11.6 Å². The second-order valence-electron chi connectivity index (χ2n) is 16.6. The van der Waals surface area contributed by atoms with Gasteiger partial charge in [0.1, 0.15) is 17.9 Å². The van der Waals surface area contributed by atoms with E-state index >= 15 is 0 Å². The van der Waals surface area contributed by atoms with Gasteiger partial charge in [0.15, 0.2) is 0 Å². The quantitative estimate of drug-likeness (QED) is 0.0473. The van der Waals surface area contributed by atoms with Gasteiger partial charge in [-0.2, -0.15) is 0 Å². The maximum absolute atomic E-state index is 13.6. The number of amides is 4. The fourth-order valence-electron chi connectivity index (χ4n) is 8.89. The van der Waals surface area contributed by atoms with Gasteiger partial charge in [-0.1, -0.05) is 49.1 Å². The number of carbonyl (C=O) groups is 4. The van der Waals surface area contributed by atoms with Crippen LogP contribution in [0.2, 0.25) is 0 Å². The van der Waals surface area contributed by atoms with Gasteiger partial charge >= 0.3 is 0 Å². The molecule has 9 rings (SSSR count). The number of nitrogens with one attached hydrogen (secondary N) is 1. The number of nitro benzene ring substituents is 1. The molecule has 0 bridgehead atoms. The Labute approximate surface area is 365 Å². The van der Waals surface area contributed by atoms with Gasteiger partial charge in [-0.15, -0.1) is 0 Å². The summed E-state index contributed by atoms with van der Waals surface area (Å²) >= 11 is 0. The van der Waals surface area contributed by atoms with Crippen molar-refractivity contribution in [2.75, 3.05) is 49.1 Å². The number of imide groups is 1. The second kappa shape index (κ2) is 17.8. The molecule has 14 nitrogen and oxygen atoms in total. The monoisotopic (exact) mass is 848 g/mol. The van der Waals surface area contributed by atoms with Gasteiger partial charge in [0.05, 0.1) is 34.4 Å². The Hall–Kier alpha value is -6.90. The summed E-state index contributed by atoms with van der Waals surface area (Å²) in [4.78, 5) is 70.8. The minimum atomic E-state index is -0.820. The number of piperidine rings is 1. The lowest BCUT2D eigenvalue weighted by Gasteiger charge is -2.37. The topological polar surface area (TPSA) is 155 Å². The highest BCUT2D eigenvalue weighted by Gasteiger charge is 2.44. The summed E-state index contributed by atoms with van der Waals surface area (Å²) in [7, 11) is 0. The molecular weight excluding hydrogens is 801 g/mol. The van der Waals surface area contributed by atoms with Crippen molar-refractivity contribution in [1.29, 1.82) is 0 Å². The van der Waals surface area contributed by atoms with Crippen LogP contribution in [0.3, 0.4) is 0 Å². The first kappa shape index (κ1) is 41.5. The lowest BCUT2D eigenvalue weighted by atomic mass is 9.92. The second-order valence-corrected chi connectivity index (χ2v) is 16.6. The van der Waals surface area contributed by atoms with Gasteiger partial charge in [0.2, 0.25) is 5.91 Å². The van der Waals surface area contributed by atoms with Crippen LogP contribution in [-0.2, 0) is 20.9 Å². The molecule has 63 heavy (non-hydrogen) atoms. The molecule has 4 amide bonds. The van der Waals surface area contributed by atoms with E-state index in [9.17, 15) is 29.3 Å². The average molecular weight is 849 g/mol. The molecule has 0 spiro atoms. The van der Waals surface area contributed by atoms with E-state index in [4.69, 9.17) is 9.47 Å². The van der Waals surface area contributed by atoms with Crippen molar-refractivity contribution in [3.05, 3.63) is 153 Å². The summed E-state index contributed by atoms with van der Waals surface area (Å²) in [5.41, 5.74) is 6.31. The van der Waals surface area contributed by atoms with Crippen LogP contribution in [0, 0.1) is 10.1 Å². The van der Waals surface area contributed by atoms with Crippen LogP contribution < -0.4 is 19.9 Å². The number of carbonyl (C=O) groups excluding carboxylic acids is 4. The lowest BCUT2D eigenvalue weighted by Crippen LogP contribution is -2.51. The van der Waals surface area contributed by atoms with Crippen LogP contribution in [-0.4, -0.2) is 95.9 Å². The summed E-state index contributed by atoms with van der Waals surface area (Å²) in [5, 5.41) is 13.6. The molecule has 0 radical (unpaired) electrons. The molecule has 1 atom stereocenters. The number of piperazine rings is 1. The number of para-hydroxylation sites is 1. The molecule has 4 heterocycles. The smallest absolute Gasteiger partial charge is 0.269 e. The van der Waals surface area contributed by atoms with Gasteiger partial charge in [-0.05, 0) is 85.0 Å². The third kappa shape index (κ3) is 8.77. The maximum atomic E-state index is 13.6. The van der Waals surface area contributed by atoms with Gasteiger partial charge in [-0.25, -0.2) is 0 Å². The normalized spacial score (nSPS) is 21.8. The Kier molecular flexibility index (Phi) is 11.7. The van der Waals surface area contributed by atoms with E-state index in [-0.39, 0.29) is 29.7 Å². The van der Waals surface area contributed by atoms with Gasteiger partial charge in [0, 0.05) is 86.8 Å². The van der Waals surface area contributed by atoms with E-state index in [0.717, 1.165) is 90.7 Å². The first-order valence-electron chi connectivity index (χ1n) is 21.5. The number of nitro groups is 1. The highest BCUT2D eigenvalue weighted by molar-refractivity contribution is 6.32. The Balaban J connectivity index is 0.681.